The van der Waals surface area contributed by atoms with E-state index < -0.39 is 16.9 Å². The fourth-order valence-electron chi connectivity index (χ4n) is 6.21. The largest absolute Gasteiger partial charge is 0.462 e. The smallest absolute Gasteiger partial charge is 0.341 e. The van der Waals surface area contributed by atoms with Crippen molar-refractivity contribution in [3.63, 3.8) is 0 Å². The highest BCUT2D eigenvalue weighted by atomic mass is 16.5. The number of nitrogens with two attached hydrogens (primary N) is 1. The summed E-state index contributed by atoms with van der Waals surface area (Å²) in [6.45, 7) is 11.6. The van der Waals surface area contributed by atoms with Gasteiger partial charge >= 0.3 is 5.97 Å². The molecule has 1 aliphatic carbocycles. The molecule has 0 unspecified atom stereocenters. The van der Waals surface area contributed by atoms with Gasteiger partial charge in [0.05, 0.1) is 23.4 Å². The molecule has 34 heavy (non-hydrogen) atoms. The zero-order valence-electron chi connectivity index (χ0n) is 20.5. The molecule has 0 saturated heterocycles. The number of ether oxygens (including phenoxy) is 2. The minimum absolute atomic E-state index is 0.0928. The summed E-state index contributed by atoms with van der Waals surface area (Å²) in [7, 11) is 0. The fourth-order valence-corrected chi connectivity index (χ4v) is 6.21. The van der Waals surface area contributed by atoms with E-state index in [9.17, 15) is 14.4 Å². The first-order valence-corrected chi connectivity index (χ1v) is 11.7. The van der Waals surface area contributed by atoms with E-state index in [1.54, 1.807) is 11.8 Å². The number of benzene rings is 1. The molecule has 3 heterocycles. The molecule has 5 rings (SSSR count). The van der Waals surface area contributed by atoms with Crippen molar-refractivity contribution in [2.75, 3.05) is 11.5 Å². The van der Waals surface area contributed by atoms with Crippen LogP contribution in [-0.4, -0.2) is 29.8 Å². The van der Waals surface area contributed by atoms with Gasteiger partial charge < -0.3 is 20.1 Å². The van der Waals surface area contributed by atoms with Crippen LogP contribution >= 0.6 is 0 Å². The number of fused-ring (bicyclic) bond motifs is 2. The standard InChI is InChI=1S/C27H30N2O5/c1-7-33-23(31)20-22(28)34-18-13-25(3,4)12-17(30)19(18)27(20)16-10-8-9-15-14(2)11-26(5,6)29(21(15)16)24(27)32/h8-11H,7,12-13,28H2,1-6H3/t27-/m1/s1. The predicted molar refractivity (Wildman–Crippen MR) is 127 cm³/mol. The molecule has 0 aromatic heterocycles. The second kappa shape index (κ2) is 6.84. The predicted octanol–water partition coefficient (Wildman–Crippen LogP) is 3.87. The Labute approximate surface area is 199 Å². The van der Waals surface area contributed by atoms with Gasteiger partial charge in [-0.1, -0.05) is 38.1 Å². The van der Waals surface area contributed by atoms with Crippen LogP contribution in [0.5, 0.6) is 0 Å². The molecule has 3 aliphatic heterocycles. The van der Waals surface area contributed by atoms with Crippen molar-refractivity contribution in [1.29, 1.82) is 0 Å². The molecule has 4 aliphatic rings. The van der Waals surface area contributed by atoms with Crippen molar-refractivity contribution < 1.29 is 23.9 Å². The van der Waals surface area contributed by atoms with E-state index in [2.05, 4.69) is 0 Å². The van der Waals surface area contributed by atoms with Gasteiger partial charge in [-0.3, -0.25) is 9.59 Å². The monoisotopic (exact) mass is 462 g/mol. The lowest BCUT2D eigenvalue weighted by Gasteiger charge is -2.43. The molecular weight excluding hydrogens is 432 g/mol. The Kier molecular flexibility index (Phi) is 4.51. The first kappa shape index (κ1) is 22.4. The molecule has 0 fully saturated rings. The quantitative estimate of drug-likeness (QED) is 0.670. The number of carbonyl (C=O) groups is 3. The summed E-state index contributed by atoms with van der Waals surface area (Å²) in [6, 6.07) is 5.63. The minimum Gasteiger partial charge on any atom is -0.462 e. The Morgan fingerprint density at radius 3 is 2.56 bits per heavy atom. The van der Waals surface area contributed by atoms with Crippen LogP contribution in [0.3, 0.4) is 0 Å². The number of amides is 1. The van der Waals surface area contributed by atoms with Gasteiger partial charge in [-0.25, -0.2) is 4.79 Å². The maximum Gasteiger partial charge on any atom is 0.341 e. The second-order valence-electron chi connectivity index (χ2n) is 10.9. The van der Waals surface area contributed by atoms with Gasteiger partial charge in [-0.05, 0) is 38.7 Å². The Morgan fingerprint density at radius 1 is 1.18 bits per heavy atom. The van der Waals surface area contributed by atoms with Gasteiger partial charge in [0.2, 0.25) is 11.8 Å². The number of nitrogens with zero attached hydrogens (tertiary/aromatic N) is 1. The van der Waals surface area contributed by atoms with Crippen molar-refractivity contribution >= 4 is 28.9 Å². The number of rotatable bonds is 2. The summed E-state index contributed by atoms with van der Waals surface area (Å²) in [5.74, 6) is -1.17. The van der Waals surface area contributed by atoms with E-state index >= 15 is 0 Å². The van der Waals surface area contributed by atoms with Crippen molar-refractivity contribution in [2.24, 2.45) is 11.1 Å². The topological polar surface area (TPSA) is 98.9 Å². The first-order chi connectivity index (χ1) is 15.9. The average molecular weight is 463 g/mol. The van der Waals surface area contributed by atoms with Crippen LogP contribution in [-0.2, 0) is 29.3 Å². The fraction of sp³-hybridized carbons (Fsp3) is 0.444. The highest BCUT2D eigenvalue weighted by molar-refractivity contribution is 6.25. The van der Waals surface area contributed by atoms with Crippen LogP contribution in [0.25, 0.3) is 5.57 Å². The van der Waals surface area contributed by atoms with Gasteiger partial charge in [-0.2, -0.15) is 0 Å². The molecule has 1 atom stereocenters. The third-order valence-electron chi connectivity index (χ3n) is 7.30. The summed E-state index contributed by atoms with van der Waals surface area (Å²) in [5.41, 5.74) is 6.93. The van der Waals surface area contributed by atoms with E-state index in [-0.39, 0.29) is 47.2 Å². The van der Waals surface area contributed by atoms with Crippen LogP contribution in [0.2, 0.25) is 0 Å². The third kappa shape index (κ3) is 2.67. The normalized spacial score (nSPS) is 26.3. The molecule has 7 heteroatoms. The number of para-hydroxylation sites is 1. The molecule has 0 saturated carbocycles. The van der Waals surface area contributed by atoms with Crippen LogP contribution in [0, 0.1) is 5.41 Å². The Morgan fingerprint density at radius 2 is 1.88 bits per heavy atom. The molecule has 1 spiro atoms. The van der Waals surface area contributed by atoms with Crippen LogP contribution in [0.4, 0.5) is 5.69 Å². The van der Waals surface area contributed by atoms with E-state index in [0.717, 1.165) is 11.1 Å². The summed E-state index contributed by atoms with van der Waals surface area (Å²) in [6.07, 6.45) is 2.69. The third-order valence-corrected chi connectivity index (χ3v) is 7.30. The molecule has 2 N–H and O–H groups in total. The summed E-state index contributed by atoms with van der Waals surface area (Å²) in [5, 5.41) is 0. The van der Waals surface area contributed by atoms with Gasteiger partial charge in [-0.15, -0.1) is 0 Å². The molecular formula is C27H30N2O5. The maximum atomic E-state index is 14.7. The SMILES string of the molecule is CCOC(=O)C1=C(N)OC2=C(C(=O)CC(C)(C)C2)[C@@]12C(=O)N1c3c(cccc32)C(C)=CC1(C)C. The number of Topliss-reactive ketones (excluding diaryl/α,β-unsaturated/α-hetero) is 1. The van der Waals surface area contributed by atoms with Crippen LogP contribution < -0.4 is 10.6 Å². The zero-order chi connectivity index (χ0) is 24.8. The first-order valence-electron chi connectivity index (χ1n) is 11.7. The number of anilines is 1. The number of carbonyl (C=O) groups excluding carboxylic acids is 3. The Balaban J connectivity index is 1.92. The molecule has 1 aromatic carbocycles. The lowest BCUT2D eigenvalue weighted by molar-refractivity contribution is -0.141. The Bertz CT molecular complexity index is 1280. The van der Waals surface area contributed by atoms with Crippen molar-refractivity contribution in [1.82, 2.24) is 0 Å². The Hall–Kier alpha value is -3.35. The highest BCUT2D eigenvalue weighted by Crippen LogP contribution is 2.61. The summed E-state index contributed by atoms with van der Waals surface area (Å²) < 4.78 is 11.3. The van der Waals surface area contributed by atoms with Crippen LogP contribution in [0.15, 0.2) is 47.1 Å². The van der Waals surface area contributed by atoms with Crippen molar-refractivity contribution in [2.45, 2.75) is 65.3 Å². The van der Waals surface area contributed by atoms with E-state index in [4.69, 9.17) is 15.2 Å². The number of hydrogen-bond donors (Lipinski definition) is 1. The van der Waals surface area contributed by atoms with Gasteiger partial charge in [0, 0.05) is 24.0 Å². The molecule has 1 aromatic rings. The molecule has 178 valence electrons. The van der Waals surface area contributed by atoms with Gasteiger partial charge in [0.15, 0.2) is 5.78 Å². The maximum absolute atomic E-state index is 14.7. The number of ketones is 1. The number of esters is 1. The number of hydrogen-bond acceptors (Lipinski definition) is 6. The van der Waals surface area contributed by atoms with E-state index in [1.165, 1.54) is 0 Å². The minimum atomic E-state index is -1.71. The molecule has 0 bridgehead atoms. The lowest BCUT2D eigenvalue weighted by atomic mass is 9.61. The average Bonchev–Trinajstić information content (AvgIpc) is 2.95. The molecule has 7 nitrogen and oxygen atoms in total. The van der Waals surface area contributed by atoms with Gasteiger partial charge in [0.1, 0.15) is 16.7 Å². The highest BCUT2D eigenvalue weighted by Gasteiger charge is 2.66. The van der Waals surface area contributed by atoms with Crippen LogP contribution in [0.1, 0.15) is 65.5 Å². The lowest BCUT2D eigenvalue weighted by Crippen LogP contribution is -2.56. The van der Waals surface area contributed by atoms with Crippen molar-refractivity contribution in [3.8, 4) is 0 Å². The van der Waals surface area contributed by atoms with Gasteiger partial charge in [0.25, 0.3) is 0 Å². The number of allylic oxidation sites excluding steroid dienone is 2. The summed E-state index contributed by atoms with van der Waals surface area (Å²) in [4.78, 5) is 43.5. The molecule has 1 amide bonds. The van der Waals surface area contributed by atoms with E-state index in [0.29, 0.717) is 23.4 Å². The van der Waals surface area contributed by atoms with Crippen molar-refractivity contribution in [3.05, 3.63) is 58.2 Å². The zero-order valence-corrected chi connectivity index (χ0v) is 20.5. The summed E-state index contributed by atoms with van der Waals surface area (Å²) >= 11 is 0. The second-order valence-corrected chi connectivity index (χ2v) is 10.9. The molecule has 0 radical (unpaired) electrons. The van der Waals surface area contributed by atoms with E-state index in [1.807, 2.05) is 58.9 Å².